The van der Waals surface area contributed by atoms with Crippen LogP contribution >= 0.6 is 11.6 Å². The zero-order valence-electron chi connectivity index (χ0n) is 16.3. The van der Waals surface area contributed by atoms with E-state index >= 15 is 0 Å². The molecule has 28 heavy (non-hydrogen) atoms. The van der Waals surface area contributed by atoms with E-state index in [9.17, 15) is 8.42 Å². The quantitative estimate of drug-likeness (QED) is 0.709. The summed E-state index contributed by atoms with van der Waals surface area (Å²) in [6, 6.07) is 11.0. The van der Waals surface area contributed by atoms with Crippen LogP contribution in [0.3, 0.4) is 0 Å². The highest BCUT2D eigenvalue weighted by Gasteiger charge is 2.32. The SMILES string of the molecule is CCOc1ccccc1N1CCN(S(=O)(=O)c2cc(Cl)c(C)cc2OC)CC1. The normalized spacial score (nSPS) is 15.5. The van der Waals surface area contributed by atoms with Gasteiger partial charge in [0, 0.05) is 31.2 Å². The molecule has 0 bridgehead atoms. The van der Waals surface area contributed by atoms with E-state index in [0.29, 0.717) is 43.6 Å². The molecule has 152 valence electrons. The number of rotatable bonds is 6. The van der Waals surface area contributed by atoms with Crippen LogP contribution in [0.25, 0.3) is 0 Å². The van der Waals surface area contributed by atoms with Gasteiger partial charge in [-0.15, -0.1) is 0 Å². The summed E-state index contributed by atoms with van der Waals surface area (Å²) in [6.45, 7) is 6.24. The van der Waals surface area contributed by atoms with Gasteiger partial charge in [-0.05, 0) is 43.7 Å². The van der Waals surface area contributed by atoms with Crippen molar-refractivity contribution >= 4 is 27.3 Å². The average Bonchev–Trinajstić information content (AvgIpc) is 2.70. The van der Waals surface area contributed by atoms with Gasteiger partial charge >= 0.3 is 0 Å². The fourth-order valence-electron chi connectivity index (χ4n) is 3.30. The molecule has 1 heterocycles. The third-order valence-electron chi connectivity index (χ3n) is 4.81. The van der Waals surface area contributed by atoms with E-state index in [2.05, 4.69) is 4.90 Å². The van der Waals surface area contributed by atoms with Gasteiger partial charge in [-0.2, -0.15) is 4.31 Å². The molecule has 0 unspecified atom stereocenters. The summed E-state index contributed by atoms with van der Waals surface area (Å²) in [4.78, 5) is 2.25. The molecule has 0 aliphatic carbocycles. The fourth-order valence-corrected chi connectivity index (χ4v) is 5.12. The topological polar surface area (TPSA) is 59.1 Å². The van der Waals surface area contributed by atoms with Crippen LogP contribution in [0.15, 0.2) is 41.3 Å². The molecule has 1 fully saturated rings. The predicted molar refractivity (Wildman–Crippen MR) is 111 cm³/mol. The highest BCUT2D eigenvalue weighted by molar-refractivity contribution is 7.89. The van der Waals surface area contributed by atoms with Gasteiger partial charge in [0.1, 0.15) is 16.4 Å². The number of para-hydroxylation sites is 2. The minimum Gasteiger partial charge on any atom is -0.495 e. The van der Waals surface area contributed by atoms with E-state index in [1.165, 1.54) is 17.5 Å². The first-order chi connectivity index (χ1) is 13.4. The monoisotopic (exact) mass is 424 g/mol. The van der Waals surface area contributed by atoms with Crippen LogP contribution in [0, 0.1) is 6.92 Å². The van der Waals surface area contributed by atoms with E-state index in [0.717, 1.165) is 17.0 Å². The molecule has 1 aliphatic heterocycles. The number of halogens is 1. The first-order valence-electron chi connectivity index (χ1n) is 9.19. The number of piperazine rings is 1. The molecule has 6 nitrogen and oxygen atoms in total. The molecule has 0 N–H and O–H groups in total. The summed E-state index contributed by atoms with van der Waals surface area (Å²) >= 11 is 6.18. The maximum absolute atomic E-state index is 13.2. The van der Waals surface area contributed by atoms with Crippen LogP contribution in [0.4, 0.5) is 5.69 Å². The second-order valence-electron chi connectivity index (χ2n) is 6.54. The lowest BCUT2D eigenvalue weighted by atomic mass is 10.2. The molecule has 0 aromatic heterocycles. The van der Waals surface area contributed by atoms with Crippen molar-refractivity contribution in [2.24, 2.45) is 0 Å². The standard InChI is InChI=1S/C20H25ClN2O4S/c1-4-27-18-8-6-5-7-17(18)22-9-11-23(12-10-22)28(24,25)20-14-16(21)15(2)13-19(20)26-3/h5-8,13-14H,4,9-12H2,1-3H3. The molecule has 8 heteroatoms. The van der Waals surface area contributed by atoms with E-state index < -0.39 is 10.0 Å². The summed E-state index contributed by atoms with van der Waals surface area (Å²) in [5.74, 6) is 1.12. The Morgan fingerprint density at radius 3 is 2.39 bits per heavy atom. The fraction of sp³-hybridized carbons (Fsp3) is 0.400. The summed E-state index contributed by atoms with van der Waals surface area (Å²) < 4.78 is 38.9. The summed E-state index contributed by atoms with van der Waals surface area (Å²) in [7, 11) is -2.24. The first-order valence-corrected chi connectivity index (χ1v) is 11.0. The molecule has 0 saturated carbocycles. The summed E-state index contributed by atoms with van der Waals surface area (Å²) in [6.07, 6.45) is 0. The van der Waals surface area contributed by atoms with Crippen LogP contribution < -0.4 is 14.4 Å². The Morgan fingerprint density at radius 2 is 1.75 bits per heavy atom. The molecule has 2 aromatic carbocycles. The second kappa shape index (κ2) is 8.59. The van der Waals surface area contributed by atoms with E-state index in [4.69, 9.17) is 21.1 Å². The van der Waals surface area contributed by atoms with Gasteiger partial charge < -0.3 is 14.4 Å². The number of anilines is 1. The largest absolute Gasteiger partial charge is 0.495 e. The number of ether oxygens (including phenoxy) is 2. The molecular weight excluding hydrogens is 400 g/mol. The van der Waals surface area contributed by atoms with Gasteiger partial charge in [0.25, 0.3) is 0 Å². The van der Waals surface area contributed by atoms with Gasteiger partial charge in [-0.3, -0.25) is 0 Å². The van der Waals surface area contributed by atoms with Crippen LogP contribution in [0.5, 0.6) is 11.5 Å². The van der Waals surface area contributed by atoms with Crippen molar-refractivity contribution in [3.63, 3.8) is 0 Å². The van der Waals surface area contributed by atoms with Gasteiger partial charge in [-0.25, -0.2) is 8.42 Å². The average molecular weight is 425 g/mol. The number of benzene rings is 2. The maximum Gasteiger partial charge on any atom is 0.246 e. The van der Waals surface area contributed by atoms with Crippen molar-refractivity contribution in [3.05, 3.63) is 47.0 Å². The third-order valence-corrected chi connectivity index (χ3v) is 7.13. The van der Waals surface area contributed by atoms with Crippen LogP contribution in [0.1, 0.15) is 12.5 Å². The van der Waals surface area contributed by atoms with Crippen molar-refractivity contribution in [3.8, 4) is 11.5 Å². The molecule has 0 spiro atoms. The lowest BCUT2D eigenvalue weighted by molar-refractivity contribution is 0.336. The molecule has 0 radical (unpaired) electrons. The molecule has 2 aromatic rings. The zero-order chi connectivity index (χ0) is 20.3. The molecule has 0 atom stereocenters. The highest BCUT2D eigenvalue weighted by atomic mass is 35.5. The molecule has 1 aliphatic rings. The summed E-state index contributed by atoms with van der Waals surface area (Å²) in [5, 5.41) is 0.406. The van der Waals surface area contributed by atoms with Gasteiger partial charge in [0.15, 0.2) is 0 Å². The van der Waals surface area contributed by atoms with E-state index in [1.807, 2.05) is 38.1 Å². The van der Waals surface area contributed by atoms with Crippen LogP contribution in [-0.2, 0) is 10.0 Å². The second-order valence-corrected chi connectivity index (χ2v) is 8.86. The Balaban J connectivity index is 1.81. The minimum absolute atomic E-state index is 0.105. The lowest BCUT2D eigenvalue weighted by Crippen LogP contribution is -2.48. The maximum atomic E-state index is 13.2. The van der Waals surface area contributed by atoms with E-state index in [1.54, 1.807) is 6.07 Å². The van der Waals surface area contributed by atoms with Crippen molar-refractivity contribution in [1.82, 2.24) is 4.31 Å². The van der Waals surface area contributed by atoms with Crippen molar-refractivity contribution in [1.29, 1.82) is 0 Å². The smallest absolute Gasteiger partial charge is 0.246 e. The number of sulfonamides is 1. The number of hydrogen-bond donors (Lipinski definition) is 0. The van der Waals surface area contributed by atoms with Crippen LogP contribution in [-0.4, -0.2) is 52.6 Å². The number of methoxy groups -OCH3 is 1. The van der Waals surface area contributed by atoms with Crippen molar-refractivity contribution in [2.45, 2.75) is 18.7 Å². The van der Waals surface area contributed by atoms with Crippen LogP contribution in [0.2, 0.25) is 5.02 Å². The Bertz CT molecular complexity index is 941. The predicted octanol–water partition coefficient (Wildman–Crippen LogP) is 3.57. The number of nitrogens with zero attached hydrogens (tertiary/aromatic N) is 2. The highest BCUT2D eigenvalue weighted by Crippen LogP contribution is 2.34. The lowest BCUT2D eigenvalue weighted by Gasteiger charge is -2.36. The third kappa shape index (κ3) is 4.06. The zero-order valence-corrected chi connectivity index (χ0v) is 17.9. The minimum atomic E-state index is -3.70. The van der Waals surface area contributed by atoms with Gasteiger partial charge in [0.2, 0.25) is 10.0 Å². The Labute approximate surface area is 171 Å². The Morgan fingerprint density at radius 1 is 1.07 bits per heavy atom. The summed E-state index contributed by atoms with van der Waals surface area (Å²) in [5.41, 5.74) is 1.76. The Kier molecular flexibility index (Phi) is 6.37. The Hall–Kier alpha value is -1.96. The van der Waals surface area contributed by atoms with Gasteiger partial charge in [0.05, 0.1) is 19.4 Å². The van der Waals surface area contributed by atoms with Crippen molar-refractivity contribution in [2.75, 3.05) is 44.8 Å². The molecular formula is C20H25ClN2O4S. The molecule has 3 rings (SSSR count). The van der Waals surface area contributed by atoms with Crippen molar-refractivity contribution < 1.29 is 17.9 Å². The first kappa shape index (κ1) is 20.8. The molecule has 0 amide bonds. The molecule has 1 saturated heterocycles. The van der Waals surface area contributed by atoms with Gasteiger partial charge in [-0.1, -0.05) is 23.7 Å². The number of hydrogen-bond acceptors (Lipinski definition) is 5. The van der Waals surface area contributed by atoms with E-state index in [-0.39, 0.29) is 4.90 Å². The number of aryl methyl sites for hydroxylation is 1.